The lowest BCUT2D eigenvalue weighted by Gasteiger charge is -2.05. The van der Waals surface area contributed by atoms with Gasteiger partial charge < -0.3 is 15.1 Å². The Labute approximate surface area is 74.1 Å². The first-order chi connectivity index (χ1) is 6.18. The Balaban J connectivity index is 2.11. The van der Waals surface area contributed by atoms with Crippen molar-refractivity contribution in [3.63, 3.8) is 0 Å². The summed E-state index contributed by atoms with van der Waals surface area (Å²) in [6.07, 6.45) is 1.64. The highest BCUT2D eigenvalue weighted by molar-refractivity contribution is 5.75. The molecule has 1 aliphatic rings. The van der Waals surface area contributed by atoms with Crippen LogP contribution in [0.25, 0.3) is 0 Å². The van der Waals surface area contributed by atoms with Crippen LogP contribution in [-0.2, 0) is 4.79 Å². The first kappa shape index (κ1) is 7.97. The summed E-state index contributed by atoms with van der Waals surface area (Å²) in [5, 5.41) is 18.2. The number of hydrogen-bond donors (Lipinski definition) is 2. The summed E-state index contributed by atoms with van der Waals surface area (Å²) >= 11 is 0. The van der Waals surface area contributed by atoms with Crippen molar-refractivity contribution in [2.45, 2.75) is 12.8 Å². The average Bonchev–Trinajstić information content (AvgIpc) is 2.88. The van der Waals surface area contributed by atoms with Crippen LogP contribution >= 0.6 is 0 Å². The van der Waals surface area contributed by atoms with E-state index in [0.717, 1.165) is 12.8 Å². The molecule has 13 heavy (non-hydrogen) atoms. The minimum atomic E-state index is -0.415. The number of carbonyl (C=O) groups is 1. The molecule has 70 valence electrons. The van der Waals surface area contributed by atoms with E-state index in [9.17, 15) is 4.79 Å². The second-order valence-corrected chi connectivity index (χ2v) is 3.03. The normalized spacial score (nSPS) is 15.7. The third kappa shape index (κ3) is 1.44. The molecule has 0 saturated heterocycles. The van der Waals surface area contributed by atoms with Crippen LogP contribution in [0.4, 0.5) is 0 Å². The van der Waals surface area contributed by atoms with Gasteiger partial charge in [0.1, 0.15) is 0 Å². The van der Waals surface area contributed by atoms with Gasteiger partial charge in [0.15, 0.2) is 0 Å². The van der Waals surface area contributed by atoms with Gasteiger partial charge in [-0.05, 0) is 12.8 Å². The van der Waals surface area contributed by atoms with E-state index in [2.05, 4.69) is 0 Å². The van der Waals surface area contributed by atoms with Crippen molar-refractivity contribution in [1.82, 2.24) is 4.73 Å². The van der Waals surface area contributed by atoms with Gasteiger partial charge >= 0.3 is 5.97 Å². The minimum Gasteiger partial charge on any atom is -0.492 e. The zero-order valence-electron chi connectivity index (χ0n) is 6.80. The van der Waals surface area contributed by atoms with Crippen molar-refractivity contribution >= 4 is 5.97 Å². The van der Waals surface area contributed by atoms with Gasteiger partial charge in [0.2, 0.25) is 11.8 Å². The molecule has 0 amide bonds. The summed E-state index contributed by atoms with van der Waals surface area (Å²) in [5.74, 6) is -1.05. The summed E-state index contributed by atoms with van der Waals surface area (Å²) in [6.45, 7) is 0. The zero-order chi connectivity index (χ0) is 9.42. The van der Waals surface area contributed by atoms with E-state index >= 15 is 0 Å². The van der Waals surface area contributed by atoms with Crippen molar-refractivity contribution in [3.8, 4) is 11.8 Å². The third-order valence-corrected chi connectivity index (χ3v) is 1.89. The van der Waals surface area contributed by atoms with Gasteiger partial charge in [-0.2, -0.15) is 0 Å². The number of nitrogens with zero attached hydrogens (tertiary/aromatic N) is 1. The monoisotopic (exact) mass is 183 g/mol. The second-order valence-electron chi connectivity index (χ2n) is 3.03. The molecule has 5 heteroatoms. The van der Waals surface area contributed by atoms with Crippen LogP contribution in [0.5, 0.6) is 11.8 Å². The molecule has 0 atom stereocenters. The highest BCUT2D eigenvalue weighted by atomic mass is 16.7. The smallest absolute Gasteiger partial charge is 0.336 e. The Morgan fingerprint density at radius 2 is 1.92 bits per heavy atom. The van der Waals surface area contributed by atoms with Crippen LogP contribution in [0.15, 0.2) is 12.1 Å². The van der Waals surface area contributed by atoms with Gasteiger partial charge in [0.05, 0.1) is 5.92 Å². The predicted octanol–water partition coefficient (Wildman–Crippen LogP) is 0.264. The van der Waals surface area contributed by atoms with Crippen LogP contribution in [0.1, 0.15) is 12.8 Å². The highest BCUT2D eigenvalue weighted by Gasteiger charge is 2.32. The maximum absolute atomic E-state index is 11.1. The zero-order valence-corrected chi connectivity index (χ0v) is 6.80. The average molecular weight is 183 g/mol. The molecule has 2 N–H and O–H groups in total. The van der Waals surface area contributed by atoms with Crippen molar-refractivity contribution in [2.75, 3.05) is 0 Å². The fourth-order valence-electron chi connectivity index (χ4n) is 0.979. The van der Waals surface area contributed by atoms with Gasteiger partial charge in [0, 0.05) is 12.1 Å². The third-order valence-electron chi connectivity index (χ3n) is 1.89. The molecule has 0 unspecified atom stereocenters. The maximum atomic E-state index is 11.1. The van der Waals surface area contributed by atoms with E-state index in [1.54, 1.807) is 0 Å². The van der Waals surface area contributed by atoms with Gasteiger partial charge in [-0.15, -0.1) is 4.73 Å². The summed E-state index contributed by atoms with van der Waals surface area (Å²) in [4.78, 5) is 15.8. The van der Waals surface area contributed by atoms with E-state index in [4.69, 9.17) is 15.1 Å². The highest BCUT2D eigenvalue weighted by Crippen LogP contribution is 2.30. The van der Waals surface area contributed by atoms with Crippen LogP contribution in [0, 0.1) is 5.92 Å². The molecule has 1 saturated carbocycles. The molecule has 0 bridgehead atoms. The van der Waals surface area contributed by atoms with Gasteiger partial charge in [-0.3, -0.25) is 0 Å². The molecular weight excluding hydrogens is 174 g/mol. The largest absolute Gasteiger partial charge is 0.492 e. The van der Waals surface area contributed by atoms with Crippen molar-refractivity contribution in [1.29, 1.82) is 0 Å². The van der Waals surface area contributed by atoms with Crippen LogP contribution in [0.3, 0.4) is 0 Å². The molecule has 1 heterocycles. The Kier molecular flexibility index (Phi) is 1.65. The summed E-state index contributed by atoms with van der Waals surface area (Å²) in [5.41, 5.74) is 0. The molecule has 0 radical (unpaired) electrons. The number of aromatic hydroxyl groups is 2. The van der Waals surface area contributed by atoms with E-state index in [0.29, 0.717) is 4.73 Å². The number of carbonyl (C=O) groups excluding carboxylic acids is 1. The SMILES string of the molecule is O=C(On1c(O)ccc1O)C1CC1. The fraction of sp³-hybridized carbons (Fsp3) is 0.375. The Bertz CT molecular complexity index is 320. The minimum absolute atomic E-state index is 0.0683. The van der Waals surface area contributed by atoms with E-state index in [1.165, 1.54) is 12.1 Å². The number of rotatable bonds is 2. The second kappa shape index (κ2) is 2.69. The van der Waals surface area contributed by atoms with Crippen LogP contribution in [0.2, 0.25) is 0 Å². The molecular formula is C8H9NO4. The van der Waals surface area contributed by atoms with Crippen molar-refractivity contribution in [2.24, 2.45) is 5.92 Å². The lowest BCUT2D eigenvalue weighted by Crippen LogP contribution is -2.20. The Morgan fingerprint density at radius 3 is 2.38 bits per heavy atom. The molecule has 2 rings (SSSR count). The lowest BCUT2D eigenvalue weighted by molar-refractivity contribution is -0.146. The molecule has 1 aliphatic carbocycles. The fourth-order valence-corrected chi connectivity index (χ4v) is 0.979. The predicted molar refractivity (Wildman–Crippen MR) is 42.1 cm³/mol. The molecule has 0 aromatic carbocycles. The van der Waals surface area contributed by atoms with E-state index in [1.807, 2.05) is 0 Å². The molecule has 1 aromatic heterocycles. The number of aromatic nitrogens is 1. The van der Waals surface area contributed by atoms with E-state index < -0.39 is 5.97 Å². The van der Waals surface area contributed by atoms with Crippen molar-refractivity contribution < 1.29 is 19.8 Å². The topological polar surface area (TPSA) is 71.7 Å². The summed E-state index contributed by atoms with van der Waals surface area (Å²) in [7, 11) is 0. The molecule has 5 nitrogen and oxygen atoms in total. The standard InChI is InChI=1S/C8H9NO4/c10-6-3-4-7(11)9(6)13-8(12)5-1-2-5/h3-5,10-11H,1-2H2. The lowest BCUT2D eigenvalue weighted by atomic mass is 10.4. The first-order valence-electron chi connectivity index (χ1n) is 4.00. The Hall–Kier alpha value is -1.65. The molecule has 1 fully saturated rings. The molecule has 0 spiro atoms. The summed E-state index contributed by atoms with van der Waals surface area (Å²) in [6, 6.07) is 2.49. The molecule has 1 aromatic rings. The van der Waals surface area contributed by atoms with Crippen LogP contribution < -0.4 is 4.84 Å². The first-order valence-corrected chi connectivity index (χ1v) is 4.00. The van der Waals surface area contributed by atoms with Crippen LogP contribution in [-0.4, -0.2) is 20.9 Å². The Morgan fingerprint density at radius 1 is 1.38 bits per heavy atom. The van der Waals surface area contributed by atoms with E-state index in [-0.39, 0.29) is 17.7 Å². The van der Waals surface area contributed by atoms with Gasteiger partial charge in [-0.25, -0.2) is 4.79 Å². The number of hydrogen-bond acceptors (Lipinski definition) is 4. The summed E-state index contributed by atoms with van der Waals surface area (Å²) < 4.78 is 0.709. The van der Waals surface area contributed by atoms with Gasteiger partial charge in [-0.1, -0.05) is 0 Å². The van der Waals surface area contributed by atoms with Gasteiger partial charge in [0.25, 0.3) is 0 Å². The molecule has 0 aliphatic heterocycles. The maximum Gasteiger partial charge on any atom is 0.336 e. The van der Waals surface area contributed by atoms with Crippen molar-refractivity contribution in [3.05, 3.63) is 12.1 Å². The quantitative estimate of drug-likeness (QED) is 0.690.